The molecule has 1 saturated heterocycles. The Kier molecular flexibility index (Phi) is 5.14. The lowest BCUT2D eigenvalue weighted by atomic mass is 10.1. The average molecular weight is 430 g/mol. The Labute approximate surface area is 174 Å². The minimum atomic E-state index is -3.01. The first-order valence-corrected chi connectivity index (χ1v) is 11.5. The van der Waals surface area contributed by atoms with E-state index >= 15 is 0 Å². The van der Waals surface area contributed by atoms with Gasteiger partial charge >= 0.3 is 0 Å². The zero-order valence-electron chi connectivity index (χ0n) is 17.0. The van der Waals surface area contributed by atoms with Crippen molar-refractivity contribution in [3.63, 3.8) is 0 Å². The van der Waals surface area contributed by atoms with E-state index in [0.717, 1.165) is 16.9 Å². The Morgan fingerprint density at radius 2 is 1.93 bits per heavy atom. The second-order valence-electron chi connectivity index (χ2n) is 7.58. The standard InChI is InChI=1S/C19H23N7O3S/c1-12-19(13(2)25(22-12)17-8-9-30(28,29)11-17)20-18(27)10-15-4-6-16(7-5-15)26-14(3)21-23-24-26/h4-7,17H,8-11H2,1-3H3,(H,20,27). The van der Waals surface area contributed by atoms with Crippen LogP contribution in [0.4, 0.5) is 5.69 Å². The number of carbonyl (C=O) groups excluding carboxylic acids is 1. The number of hydrogen-bond acceptors (Lipinski definition) is 7. The van der Waals surface area contributed by atoms with E-state index in [0.29, 0.717) is 23.6 Å². The number of anilines is 1. The lowest BCUT2D eigenvalue weighted by molar-refractivity contribution is -0.115. The molecule has 1 aromatic carbocycles. The lowest BCUT2D eigenvalue weighted by Crippen LogP contribution is -2.17. The molecule has 10 nitrogen and oxygen atoms in total. The molecule has 1 atom stereocenters. The zero-order valence-corrected chi connectivity index (χ0v) is 17.8. The summed E-state index contributed by atoms with van der Waals surface area (Å²) in [6.45, 7) is 5.48. The van der Waals surface area contributed by atoms with Crippen LogP contribution < -0.4 is 5.32 Å². The van der Waals surface area contributed by atoms with Crippen LogP contribution in [0.5, 0.6) is 0 Å². The fourth-order valence-electron chi connectivity index (χ4n) is 3.76. The summed E-state index contributed by atoms with van der Waals surface area (Å²) in [5.74, 6) is 0.789. The maximum atomic E-state index is 12.6. The first kappa shape index (κ1) is 20.2. The smallest absolute Gasteiger partial charge is 0.228 e. The van der Waals surface area contributed by atoms with Gasteiger partial charge in [0, 0.05) is 0 Å². The predicted octanol–water partition coefficient (Wildman–Crippen LogP) is 1.32. The third-order valence-corrected chi connectivity index (χ3v) is 7.07. The highest BCUT2D eigenvalue weighted by molar-refractivity contribution is 7.91. The van der Waals surface area contributed by atoms with Gasteiger partial charge in [-0.2, -0.15) is 9.78 Å². The van der Waals surface area contributed by atoms with Gasteiger partial charge < -0.3 is 5.32 Å². The van der Waals surface area contributed by atoms with Crippen molar-refractivity contribution in [1.29, 1.82) is 0 Å². The van der Waals surface area contributed by atoms with Gasteiger partial charge in [-0.3, -0.25) is 9.48 Å². The van der Waals surface area contributed by atoms with E-state index in [4.69, 9.17) is 0 Å². The van der Waals surface area contributed by atoms with Gasteiger partial charge in [-0.25, -0.2) is 8.42 Å². The molecule has 1 unspecified atom stereocenters. The normalized spacial score (nSPS) is 17.9. The number of sulfone groups is 1. The third-order valence-electron chi connectivity index (χ3n) is 5.31. The lowest BCUT2D eigenvalue weighted by Gasteiger charge is -2.12. The molecule has 11 heteroatoms. The van der Waals surface area contributed by atoms with Crippen LogP contribution in [-0.2, 0) is 21.1 Å². The van der Waals surface area contributed by atoms with Gasteiger partial charge in [0.15, 0.2) is 15.7 Å². The second-order valence-corrected chi connectivity index (χ2v) is 9.81. The zero-order chi connectivity index (χ0) is 21.5. The third kappa shape index (κ3) is 3.97. The van der Waals surface area contributed by atoms with Gasteiger partial charge in [0.25, 0.3) is 0 Å². The number of aryl methyl sites for hydroxylation is 2. The maximum Gasteiger partial charge on any atom is 0.228 e. The summed E-state index contributed by atoms with van der Waals surface area (Å²) < 4.78 is 26.9. The minimum absolute atomic E-state index is 0.0927. The average Bonchev–Trinajstić information content (AvgIpc) is 3.35. The van der Waals surface area contributed by atoms with Crippen LogP contribution in [0.15, 0.2) is 24.3 Å². The van der Waals surface area contributed by atoms with E-state index < -0.39 is 9.84 Å². The fourth-order valence-corrected chi connectivity index (χ4v) is 5.45. The summed E-state index contributed by atoms with van der Waals surface area (Å²) in [5, 5.41) is 18.8. The SMILES string of the molecule is Cc1nn(C2CCS(=O)(=O)C2)c(C)c1NC(=O)Cc1ccc(-n2nnnc2C)cc1. The second kappa shape index (κ2) is 7.63. The molecule has 1 fully saturated rings. The van der Waals surface area contributed by atoms with Crippen LogP contribution in [-0.4, -0.2) is 55.8 Å². The summed E-state index contributed by atoms with van der Waals surface area (Å²) in [6, 6.07) is 7.27. The number of carbonyl (C=O) groups is 1. The maximum absolute atomic E-state index is 12.6. The van der Waals surface area contributed by atoms with Crippen LogP contribution >= 0.6 is 0 Å². The Balaban J connectivity index is 1.45. The summed E-state index contributed by atoms with van der Waals surface area (Å²) in [6.07, 6.45) is 0.752. The molecule has 0 bridgehead atoms. The van der Waals surface area contributed by atoms with Crippen molar-refractivity contribution >= 4 is 21.4 Å². The van der Waals surface area contributed by atoms with Gasteiger partial charge in [0.2, 0.25) is 5.91 Å². The van der Waals surface area contributed by atoms with Gasteiger partial charge in [-0.1, -0.05) is 12.1 Å². The molecule has 0 saturated carbocycles. The molecule has 1 amide bonds. The molecule has 0 spiro atoms. The van der Waals surface area contributed by atoms with Crippen molar-refractivity contribution in [1.82, 2.24) is 30.0 Å². The van der Waals surface area contributed by atoms with E-state index in [1.165, 1.54) is 0 Å². The van der Waals surface area contributed by atoms with E-state index in [-0.39, 0.29) is 29.9 Å². The molecule has 30 heavy (non-hydrogen) atoms. The number of rotatable bonds is 5. The molecule has 1 aliphatic heterocycles. The van der Waals surface area contributed by atoms with E-state index in [1.54, 1.807) is 9.36 Å². The van der Waals surface area contributed by atoms with Crippen molar-refractivity contribution in [2.45, 2.75) is 39.7 Å². The summed E-state index contributed by atoms with van der Waals surface area (Å²) in [5.41, 5.74) is 3.76. The van der Waals surface area contributed by atoms with Crippen molar-refractivity contribution < 1.29 is 13.2 Å². The number of hydrogen-bond donors (Lipinski definition) is 1. The molecule has 1 aliphatic rings. The van der Waals surface area contributed by atoms with E-state index in [9.17, 15) is 13.2 Å². The molecule has 158 valence electrons. The topological polar surface area (TPSA) is 125 Å². The molecular formula is C19H23N7O3S. The molecular weight excluding hydrogens is 406 g/mol. The van der Waals surface area contributed by atoms with Crippen LogP contribution in [0, 0.1) is 20.8 Å². The van der Waals surface area contributed by atoms with Crippen molar-refractivity contribution in [3.8, 4) is 5.69 Å². The summed E-state index contributed by atoms with van der Waals surface area (Å²) in [7, 11) is -3.01. The Bertz CT molecular complexity index is 1200. The van der Waals surface area contributed by atoms with Crippen LogP contribution in [0.3, 0.4) is 0 Å². The molecule has 0 radical (unpaired) electrons. The number of tetrazole rings is 1. The first-order chi connectivity index (χ1) is 14.2. The number of benzene rings is 1. The number of nitrogens with one attached hydrogen (secondary N) is 1. The van der Waals surface area contributed by atoms with Gasteiger partial charge in [0.1, 0.15) is 0 Å². The summed E-state index contributed by atoms with van der Waals surface area (Å²) >= 11 is 0. The van der Waals surface area contributed by atoms with Gasteiger partial charge in [0.05, 0.1) is 46.7 Å². The van der Waals surface area contributed by atoms with Crippen molar-refractivity contribution in [3.05, 3.63) is 47.0 Å². The Morgan fingerprint density at radius 3 is 2.53 bits per heavy atom. The monoisotopic (exact) mass is 429 g/mol. The summed E-state index contributed by atoms with van der Waals surface area (Å²) in [4.78, 5) is 12.6. The van der Waals surface area contributed by atoms with Gasteiger partial charge in [-0.05, 0) is 55.3 Å². The number of aromatic nitrogens is 6. The van der Waals surface area contributed by atoms with Crippen molar-refractivity contribution in [2.75, 3.05) is 16.8 Å². The number of amides is 1. The quantitative estimate of drug-likeness (QED) is 0.648. The van der Waals surface area contributed by atoms with E-state index in [1.807, 2.05) is 45.0 Å². The predicted molar refractivity (Wildman–Crippen MR) is 110 cm³/mol. The molecule has 4 rings (SSSR count). The highest BCUT2D eigenvalue weighted by Crippen LogP contribution is 2.29. The molecule has 3 heterocycles. The van der Waals surface area contributed by atoms with Crippen LogP contribution in [0.25, 0.3) is 5.69 Å². The highest BCUT2D eigenvalue weighted by Gasteiger charge is 2.31. The molecule has 3 aromatic rings. The minimum Gasteiger partial charge on any atom is -0.323 e. The Morgan fingerprint density at radius 1 is 1.20 bits per heavy atom. The van der Waals surface area contributed by atoms with Crippen molar-refractivity contribution in [2.24, 2.45) is 0 Å². The fraction of sp³-hybridized carbons (Fsp3) is 0.421. The van der Waals surface area contributed by atoms with Crippen LogP contribution in [0.2, 0.25) is 0 Å². The highest BCUT2D eigenvalue weighted by atomic mass is 32.2. The molecule has 0 aliphatic carbocycles. The molecule has 1 N–H and O–H groups in total. The Hall–Kier alpha value is -3.08. The number of nitrogens with zero attached hydrogens (tertiary/aromatic N) is 6. The van der Waals surface area contributed by atoms with Gasteiger partial charge in [-0.15, -0.1) is 5.10 Å². The largest absolute Gasteiger partial charge is 0.323 e. The molecule has 2 aromatic heterocycles. The first-order valence-electron chi connectivity index (χ1n) is 9.64. The van der Waals surface area contributed by atoms with Crippen LogP contribution in [0.1, 0.15) is 35.2 Å². The van der Waals surface area contributed by atoms with E-state index in [2.05, 4.69) is 25.9 Å².